The summed E-state index contributed by atoms with van der Waals surface area (Å²) < 4.78 is 4.95. The smallest absolute Gasteiger partial charge is 0.227 e. The summed E-state index contributed by atoms with van der Waals surface area (Å²) in [6, 6.07) is 1.27. The van der Waals surface area contributed by atoms with Crippen LogP contribution in [-0.2, 0) is 6.42 Å². The number of nitrogens with zero attached hydrogens (tertiary/aromatic N) is 3. The first-order chi connectivity index (χ1) is 7.75. The van der Waals surface area contributed by atoms with Crippen molar-refractivity contribution in [2.45, 2.75) is 38.8 Å². The highest BCUT2D eigenvalue weighted by Crippen LogP contribution is 2.12. The van der Waals surface area contributed by atoms with Crippen molar-refractivity contribution in [2.24, 2.45) is 0 Å². The van der Waals surface area contributed by atoms with Crippen LogP contribution in [0.4, 0.5) is 0 Å². The predicted octanol–water partition coefficient (Wildman–Crippen LogP) is 0.684. The van der Waals surface area contributed by atoms with Crippen LogP contribution >= 0.6 is 0 Å². The highest BCUT2D eigenvalue weighted by Gasteiger charge is 2.23. The van der Waals surface area contributed by atoms with Crippen LogP contribution in [0.2, 0.25) is 0 Å². The molecule has 16 heavy (non-hydrogen) atoms. The van der Waals surface area contributed by atoms with Gasteiger partial charge in [-0.3, -0.25) is 4.90 Å². The molecule has 5 heteroatoms. The van der Waals surface area contributed by atoms with E-state index < -0.39 is 0 Å². The van der Waals surface area contributed by atoms with Crippen molar-refractivity contribution >= 4 is 0 Å². The third kappa shape index (κ3) is 3.02. The number of aromatic nitrogens is 2. The quantitative estimate of drug-likeness (QED) is 0.797. The SMILES string of the molecule is CC(C)N1CCC(NCCc2ncno2)C1. The first kappa shape index (κ1) is 11.5. The lowest BCUT2D eigenvalue weighted by atomic mass is 10.2. The second-order valence-electron chi connectivity index (χ2n) is 4.61. The van der Waals surface area contributed by atoms with Gasteiger partial charge in [0.1, 0.15) is 0 Å². The maximum Gasteiger partial charge on any atom is 0.227 e. The van der Waals surface area contributed by atoms with Crippen LogP contribution in [-0.4, -0.2) is 46.8 Å². The lowest BCUT2D eigenvalue weighted by Crippen LogP contribution is -2.36. The van der Waals surface area contributed by atoms with E-state index in [1.807, 2.05) is 0 Å². The minimum absolute atomic E-state index is 0.616. The topological polar surface area (TPSA) is 54.2 Å². The van der Waals surface area contributed by atoms with Gasteiger partial charge in [-0.2, -0.15) is 4.98 Å². The van der Waals surface area contributed by atoms with E-state index in [0.29, 0.717) is 18.0 Å². The summed E-state index contributed by atoms with van der Waals surface area (Å²) in [4.78, 5) is 6.50. The van der Waals surface area contributed by atoms with Gasteiger partial charge < -0.3 is 9.84 Å². The molecule has 0 radical (unpaired) electrons. The molecule has 0 saturated carbocycles. The van der Waals surface area contributed by atoms with Crippen LogP contribution in [0.1, 0.15) is 26.2 Å². The zero-order valence-electron chi connectivity index (χ0n) is 10.0. The molecule has 1 N–H and O–H groups in total. The summed E-state index contributed by atoms with van der Waals surface area (Å²) in [5.41, 5.74) is 0. The molecule has 1 aliphatic rings. The zero-order valence-corrected chi connectivity index (χ0v) is 10.0. The van der Waals surface area contributed by atoms with Gasteiger partial charge in [0.15, 0.2) is 6.33 Å². The molecule has 0 aliphatic carbocycles. The molecule has 1 unspecified atom stereocenters. The summed E-state index contributed by atoms with van der Waals surface area (Å²) in [5.74, 6) is 0.714. The van der Waals surface area contributed by atoms with E-state index in [-0.39, 0.29) is 0 Å². The highest BCUT2D eigenvalue weighted by molar-refractivity contribution is 4.84. The van der Waals surface area contributed by atoms with Crippen LogP contribution in [0.5, 0.6) is 0 Å². The molecule has 1 atom stereocenters. The standard InChI is InChI=1S/C11H20N4O/c1-9(2)15-6-4-10(7-15)12-5-3-11-13-8-14-16-11/h8-10,12H,3-7H2,1-2H3. The molecule has 0 aromatic carbocycles. The summed E-state index contributed by atoms with van der Waals surface area (Å²) in [5, 5.41) is 7.12. The Labute approximate surface area is 96.2 Å². The van der Waals surface area contributed by atoms with E-state index in [4.69, 9.17) is 4.52 Å². The van der Waals surface area contributed by atoms with Crippen molar-refractivity contribution < 1.29 is 4.52 Å². The van der Waals surface area contributed by atoms with E-state index >= 15 is 0 Å². The molecule has 90 valence electrons. The van der Waals surface area contributed by atoms with E-state index in [0.717, 1.165) is 19.5 Å². The van der Waals surface area contributed by atoms with Gasteiger partial charge in [-0.25, -0.2) is 0 Å². The first-order valence-corrected chi connectivity index (χ1v) is 5.98. The predicted molar refractivity (Wildman–Crippen MR) is 61.1 cm³/mol. The maximum atomic E-state index is 4.95. The summed E-state index contributed by atoms with van der Waals surface area (Å²) in [6.45, 7) is 7.78. The Kier molecular flexibility index (Phi) is 3.90. The first-order valence-electron chi connectivity index (χ1n) is 5.98. The van der Waals surface area contributed by atoms with Crippen LogP contribution in [0.25, 0.3) is 0 Å². The molecule has 1 aromatic rings. The second-order valence-corrected chi connectivity index (χ2v) is 4.61. The van der Waals surface area contributed by atoms with E-state index in [1.165, 1.54) is 19.3 Å². The van der Waals surface area contributed by atoms with Gasteiger partial charge in [0.2, 0.25) is 5.89 Å². The molecule has 0 spiro atoms. The van der Waals surface area contributed by atoms with Crippen molar-refractivity contribution in [1.29, 1.82) is 0 Å². The van der Waals surface area contributed by atoms with Crippen molar-refractivity contribution in [1.82, 2.24) is 20.4 Å². The number of nitrogens with one attached hydrogen (secondary N) is 1. The average molecular weight is 224 g/mol. The molecule has 0 amide bonds. The monoisotopic (exact) mass is 224 g/mol. The van der Waals surface area contributed by atoms with Crippen LogP contribution < -0.4 is 5.32 Å². The Morgan fingerprint density at radius 1 is 1.62 bits per heavy atom. The third-order valence-corrected chi connectivity index (χ3v) is 3.13. The molecule has 2 rings (SSSR count). The lowest BCUT2D eigenvalue weighted by Gasteiger charge is -2.20. The Morgan fingerprint density at radius 3 is 3.12 bits per heavy atom. The van der Waals surface area contributed by atoms with Gasteiger partial charge in [-0.1, -0.05) is 5.16 Å². The van der Waals surface area contributed by atoms with Crippen LogP contribution in [0.15, 0.2) is 10.9 Å². The zero-order chi connectivity index (χ0) is 11.4. The van der Waals surface area contributed by atoms with E-state index in [9.17, 15) is 0 Å². The second kappa shape index (κ2) is 5.41. The molecular weight excluding hydrogens is 204 g/mol. The molecular formula is C11H20N4O. The van der Waals surface area contributed by atoms with Gasteiger partial charge in [0.25, 0.3) is 0 Å². The largest absolute Gasteiger partial charge is 0.340 e. The molecule has 1 aliphatic heterocycles. The number of rotatable bonds is 5. The molecule has 0 bridgehead atoms. The fourth-order valence-corrected chi connectivity index (χ4v) is 2.11. The van der Waals surface area contributed by atoms with Gasteiger partial charge in [-0.15, -0.1) is 0 Å². The molecule has 1 aromatic heterocycles. The molecule has 1 saturated heterocycles. The Bertz CT molecular complexity index is 299. The fraction of sp³-hybridized carbons (Fsp3) is 0.818. The van der Waals surface area contributed by atoms with Gasteiger partial charge in [0.05, 0.1) is 0 Å². The van der Waals surface area contributed by atoms with Crippen molar-refractivity contribution in [3.05, 3.63) is 12.2 Å². The normalized spacial score (nSPS) is 22.1. The Balaban J connectivity index is 1.64. The average Bonchev–Trinajstić information content (AvgIpc) is 2.87. The van der Waals surface area contributed by atoms with Gasteiger partial charge in [0, 0.05) is 31.6 Å². The third-order valence-electron chi connectivity index (χ3n) is 3.13. The van der Waals surface area contributed by atoms with Gasteiger partial charge in [-0.05, 0) is 26.8 Å². The Hall–Kier alpha value is -0.940. The summed E-state index contributed by atoms with van der Waals surface area (Å²) >= 11 is 0. The number of hydrogen-bond acceptors (Lipinski definition) is 5. The van der Waals surface area contributed by atoms with Crippen LogP contribution in [0.3, 0.4) is 0 Å². The van der Waals surface area contributed by atoms with E-state index in [2.05, 4.69) is 34.2 Å². The van der Waals surface area contributed by atoms with Crippen molar-refractivity contribution in [2.75, 3.05) is 19.6 Å². The van der Waals surface area contributed by atoms with Crippen LogP contribution in [0, 0.1) is 0 Å². The summed E-state index contributed by atoms with van der Waals surface area (Å²) in [7, 11) is 0. The minimum atomic E-state index is 0.616. The van der Waals surface area contributed by atoms with Gasteiger partial charge >= 0.3 is 0 Å². The van der Waals surface area contributed by atoms with Crippen molar-refractivity contribution in [3.8, 4) is 0 Å². The van der Waals surface area contributed by atoms with Crippen molar-refractivity contribution in [3.63, 3.8) is 0 Å². The highest BCUT2D eigenvalue weighted by atomic mass is 16.5. The Morgan fingerprint density at radius 2 is 2.50 bits per heavy atom. The molecule has 5 nitrogen and oxygen atoms in total. The number of hydrogen-bond donors (Lipinski definition) is 1. The maximum absolute atomic E-state index is 4.95. The molecule has 1 fully saturated rings. The fourth-order valence-electron chi connectivity index (χ4n) is 2.11. The minimum Gasteiger partial charge on any atom is -0.340 e. The van der Waals surface area contributed by atoms with E-state index in [1.54, 1.807) is 0 Å². The summed E-state index contributed by atoms with van der Waals surface area (Å²) in [6.07, 6.45) is 3.51. The lowest BCUT2D eigenvalue weighted by molar-refractivity contribution is 0.268. The molecule has 2 heterocycles. The number of likely N-dealkylation sites (tertiary alicyclic amines) is 1.